The molecular formula is C13H24ClN3. The second-order valence-corrected chi connectivity index (χ2v) is 5.01. The zero-order chi connectivity index (χ0) is 12.8. The van der Waals surface area contributed by atoms with Crippen LogP contribution in [0.3, 0.4) is 0 Å². The first-order valence-electron chi connectivity index (χ1n) is 6.48. The summed E-state index contributed by atoms with van der Waals surface area (Å²) in [6.07, 6.45) is 3.45. The fourth-order valence-corrected chi connectivity index (χ4v) is 2.45. The van der Waals surface area contributed by atoms with Gasteiger partial charge in [0.2, 0.25) is 0 Å². The van der Waals surface area contributed by atoms with E-state index in [2.05, 4.69) is 24.3 Å². The number of aryl methyl sites for hydroxylation is 2. The predicted octanol–water partition coefficient (Wildman–Crippen LogP) is 2.95. The number of nitrogens with zero attached hydrogens (tertiary/aromatic N) is 2. The monoisotopic (exact) mass is 257 g/mol. The Kier molecular flexibility index (Phi) is 6.00. The smallest absolute Gasteiger partial charge is 0.0847 e. The third-order valence-corrected chi connectivity index (χ3v) is 3.62. The molecule has 0 aromatic carbocycles. The number of nitrogens with one attached hydrogen (secondary N) is 1. The molecule has 1 aromatic heterocycles. The molecule has 0 aliphatic rings. The van der Waals surface area contributed by atoms with Crippen LogP contribution in [0.15, 0.2) is 0 Å². The zero-order valence-corrected chi connectivity index (χ0v) is 12.1. The van der Waals surface area contributed by atoms with Crippen LogP contribution in [0.25, 0.3) is 0 Å². The Morgan fingerprint density at radius 2 is 2.12 bits per heavy atom. The summed E-state index contributed by atoms with van der Waals surface area (Å²) < 4.78 is 1.92. The van der Waals surface area contributed by atoms with Crippen molar-refractivity contribution in [1.82, 2.24) is 15.1 Å². The van der Waals surface area contributed by atoms with Crippen LogP contribution in [0.5, 0.6) is 0 Å². The van der Waals surface area contributed by atoms with E-state index in [0.29, 0.717) is 5.92 Å². The van der Waals surface area contributed by atoms with Gasteiger partial charge in [0.15, 0.2) is 0 Å². The fraction of sp³-hybridized carbons (Fsp3) is 0.769. The van der Waals surface area contributed by atoms with E-state index in [1.807, 2.05) is 18.7 Å². The van der Waals surface area contributed by atoms with Crippen LogP contribution in [0.4, 0.5) is 0 Å². The molecule has 0 aliphatic carbocycles. The van der Waals surface area contributed by atoms with E-state index in [1.54, 1.807) is 0 Å². The molecule has 0 saturated carbocycles. The number of aromatic nitrogens is 2. The standard InChI is InChI=1S/C13H24ClN3/c1-5-7-11(9-15-6-2)8-12-13(14)10(3)16-17(12)4/h11,15H,5-9H2,1-4H3. The molecule has 0 fully saturated rings. The van der Waals surface area contributed by atoms with E-state index >= 15 is 0 Å². The minimum absolute atomic E-state index is 0.646. The summed E-state index contributed by atoms with van der Waals surface area (Å²) in [7, 11) is 1.98. The van der Waals surface area contributed by atoms with Gasteiger partial charge in [-0.25, -0.2) is 0 Å². The molecule has 0 aliphatic heterocycles. The molecule has 0 bridgehead atoms. The van der Waals surface area contributed by atoms with Crippen molar-refractivity contribution in [3.63, 3.8) is 0 Å². The van der Waals surface area contributed by atoms with Crippen molar-refractivity contribution in [1.29, 1.82) is 0 Å². The summed E-state index contributed by atoms with van der Waals surface area (Å²) in [6, 6.07) is 0. The Hall–Kier alpha value is -0.540. The lowest BCUT2D eigenvalue weighted by molar-refractivity contribution is 0.433. The molecule has 4 heteroatoms. The quantitative estimate of drug-likeness (QED) is 0.814. The molecule has 1 rings (SSSR count). The van der Waals surface area contributed by atoms with Crippen molar-refractivity contribution in [2.45, 2.75) is 40.0 Å². The third-order valence-electron chi connectivity index (χ3n) is 3.12. The second-order valence-electron chi connectivity index (χ2n) is 4.64. The predicted molar refractivity (Wildman–Crippen MR) is 73.6 cm³/mol. The molecule has 0 radical (unpaired) electrons. The average Bonchev–Trinajstić information content (AvgIpc) is 2.53. The number of hydrogen-bond donors (Lipinski definition) is 1. The first-order chi connectivity index (χ1) is 8.10. The SMILES string of the molecule is CCCC(CNCC)Cc1c(Cl)c(C)nn1C. The highest BCUT2D eigenvalue weighted by atomic mass is 35.5. The Bertz CT molecular complexity index is 347. The van der Waals surface area contributed by atoms with Gasteiger partial charge in [0.1, 0.15) is 0 Å². The third kappa shape index (κ3) is 4.00. The van der Waals surface area contributed by atoms with Crippen LogP contribution >= 0.6 is 11.6 Å². The Morgan fingerprint density at radius 3 is 2.59 bits per heavy atom. The van der Waals surface area contributed by atoms with Crippen LogP contribution in [0, 0.1) is 12.8 Å². The van der Waals surface area contributed by atoms with Crippen LogP contribution in [-0.2, 0) is 13.5 Å². The van der Waals surface area contributed by atoms with E-state index < -0.39 is 0 Å². The van der Waals surface area contributed by atoms with Gasteiger partial charge in [0, 0.05) is 7.05 Å². The minimum atomic E-state index is 0.646. The molecule has 0 spiro atoms. The lowest BCUT2D eigenvalue weighted by Crippen LogP contribution is -2.24. The van der Waals surface area contributed by atoms with E-state index in [4.69, 9.17) is 11.6 Å². The highest BCUT2D eigenvalue weighted by Gasteiger charge is 2.16. The molecule has 3 nitrogen and oxygen atoms in total. The zero-order valence-electron chi connectivity index (χ0n) is 11.4. The van der Waals surface area contributed by atoms with Gasteiger partial charge < -0.3 is 5.32 Å². The first-order valence-corrected chi connectivity index (χ1v) is 6.86. The van der Waals surface area contributed by atoms with Crippen molar-refractivity contribution < 1.29 is 0 Å². The first kappa shape index (κ1) is 14.5. The molecular weight excluding hydrogens is 234 g/mol. The molecule has 0 amide bonds. The van der Waals surface area contributed by atoms with Crippen molar-refractivity contribution in [2.24, 2.45) is 13.0 Å². The summed E-state index contributed by atoms with van der Waals surface area (Å²) in [6.45, 7) is 8.42. The Labute approximate surface area is 110 Å². The van der Waals surface area contributed by atoms with Crippen molar-refractivity contribution >= 4 is 11.6 Å². The van der Waals surface area contributed by atoms with Crippen molar-refractivity contribution in [2.75, 3.05) is 13.1 Å². The van der Waals surface area contributed by atoms with Crippen LogP contribution in [0.2, 0.25) is 5.02 Å². The second kappa shape index (κ2) is 7.02. The van der Waals surface area contributed by atoms with Gasteiger partial charge >= 0.3 is 0 Å². The molecule has 1 heterocycles. The molecule has 1 unspecified atom stereocenters. The summed E-state index contributed by atoms with van der Waals surface area (Å²) in [5, 5.41) is 8.63. The maximum absolute atomic E-state index is 6.29. The number of rotatable bonds is 7. The summed E-state index contributed by atoms with van der Waals surface area (Å²) in [5.74, 6) is 0.646. The van der Waals surface area contributed by atoms with Crippen LogP contribution in [-0.4, -0.2) is 22.9 Å². The topological polar surface area (TPSA) is 29.9 Å². The van der Waals surface area contributed by atoms with Gasteiger partial charge in [-0.3, -0.25) is 4.68 Å². The van der Waals surface area contributed by atoms with Crippen LogP contribution < -0.4 is 5.32 Å². The lowest BCUT2D eigenvalue weighted by Gasteiger charge is -2.16. The highest BCUT2D eigenvalue weighted by Crippen LogP contribution is 2.23. The van der Waals surface area contributed by atoms with Gasteiger partial charge in [-0.05, 0) is 38.8 Å². The largest absolute Gasteiger partial charge is 0.317 e. The Morgan fingerprint density at radius 1 is 1.41 bits per heavy atom. The van der Waals surface area contributed by atoms with Gasteiger partial charge in [-0.15, -0.1) is 0 Å². The summed E-state index contributed by atoms with van der Waals surface area (Å²) in [5.41, 5.74) is 2.10. The van der Waals surface area contributed by atoms with Gasteiger partial charge in [-0.2, -0.15) is 5.10 Å². The van der Waals surface area contributed by atoms with Gasteiger partial charge in [0.25, 0.3) is 0 Å². The maximum atomic E-state index is 6.29. The average molecular weight is 258 g/mol. The number of halogens is 1. The van der Waals surface area contributed by atoms with E-state index in [0.717, 1.165) is 30.2 Å². The van der Waals surface area contributed by atoms with Gasteiger partial charge in [-0.1, -0.05) is 31.9 Å². The van der Waals surface area contributed by atoms with Crippen molar-refractivity contribution in [3.05, 3.63) is 16.4 Å². The molecule has 17 heavy (non-hydrogen) atoms. The molecule has 1 N–H and O–H groups in total. The minimum Gasteiger partial charge on any atom is -0.317 e. The molecule has 98 valence electrons. The molecule has 0 saturated heterocycles. The lowest BCUT2D eigenvalue weighted by atomic mass is 9.97. The van der Waals surface area contributed by atoms with E-state index in [9.17, 15) is 0 Å². The van der Waals surface area contributed by atoms with Gasteiger partial charge in [0.05, 0.1) is 16.4 Å². The highest BCUT2D eigenvalue weighted by molar-refractivity contribution is 6.31. The summed E-state index contributed by atoms with van der Waals surface area (Å²) in [4.78, 5) is 0. The Balaban J connectivity index is 2.70. The normalized spacial score (nSPS) is 13.0. The number of hydrogen-bond acceptors (Lipinski definition) is 2. The van der Waals surface area contributed by atoms with Crippen LogP contribution in [0.1, 0.15) is 38.1 Å². The molecule has 1 aromatic rings. The van der Waals surface area contributed by atoms with E-state index in [1.165, 1.54) is 18.5 Å². The van der Waals surface area contributed by atoms with Crippen molar-refractivity contribution in [3.8, 4) is 0 Å². The summed E-state index contributed by atoms with van der Waals surface area (Å²) >= 11 is 6.29. The fourth-order valence-electron chi connectivity index (χ4n) is 2.21. The maximum Gasteiger partial charge on any atom is 0.0847 e. The molecule has 1 atom stereocenters. The van der Waals surface area contributed by atoms with E-state index in [-0.39, 0.29) is 0 Å².